The molecule has 1 rings (SSSR count). The van der Waals surface area contributed by atoms with Gasteiger partial charge in [0.1, 0.15) is 5.69 Å². The molecule has 0 saturated carbocycles. The molecule has 0 aliphatic carbocycles. The number of anilines is 1. The minimum atomic E-state index is -0.681. The molecule has 0 spiro atoms. The number of nitro groups is 2. The van der Waals surface area contributed by atoms with Crippen LogP contribution in [0, 0.1) is 20.2 Å². The van der Waals surface area contributed by atoms with Crippen LogP contribution in [0.2, 0.25) is 0 Å². The van der Waals surface area contributed by atoms with Gasteiger partial charge >= 0.3 is 0 Å². The molecule has 19 heteroatoms. The Bertz CT molecular complexity index is 1000. The number of rotatable bonds is 42. The molecule has 0 heterocycles. The van der Waals surface area contributed by atoms with E-state index in [0.717, 1.165) is 44.2 Å². The van der Waals surface area contributed by atoms with Crippen LogP contribution in [0.1, 0.15) is 25.7 Å². The van der Waals surface area contributed by atoms with E-state index < -0.39 is 9.85 Å². The van der Waals surface area contributed by atoms with E-state index in [-0.39, 0.29) is 30.2 Å². The van der Waals surface area contributed by atoms with Gasteiger partial charge < -0.3 is 57.4 Å². The van der Waals surface area contributed by atoms with Gasteiger partial charge in [0.2, 0.25) is 0 Å². The van der Waals surface area contributed by atoms with Crippen molar-refractivity contribution in [2.45, 2.75) is 25.7 Å². The van der Waals surface area contributed by atoms with Gasteiger partial charge in [-0.3, -0.25) is 20.2 Å². The molecule has 1 N–H and O–H groups in total. The third-order valence-corrected chi connectivity index (χ3v) is 7.11. The molecule has 0 aromatic heterocycles. The fourth-order valence-electron chi connectivity index (χ4n) is 4.15. The first-order valence-electron chi connectivity index (χ1n) is 18.1. The quantitative estimate of drug-likeness (QED) is 0.0433. The summed E-state index contributed by atoms with van der Waals surface area (Å²) in [4.78, 5) is 20.6. The second kappa shape index (κ2) is 38.0. The summed E-state index contributed by atoms with van der Waals surface area (Å²) in [6.45, 7) is 10.8. The summed E-state index contributed by atoms with van der Waals surface area (Å²) in [6, 6.07) is 3.43. The van der Waals surface area contributed by atoms with E-state index in [0.29, 0.717) is 132 Å². The zero-order valence-electron chi connectivity index (χ0n) is 30.9. The number of nitrogens with one attached hydrogen (secondary N) is 1. The van der Waals surface area contributed by atoms with Gasteiger partial charge in [0.05, 0.1) is 155 Å². The summed E-state index contributed by atoms with van der Waals surface area (Å²) in [6.07, 6.45) is 4.45. The van der Waals surface area contributed by atoms with Gasteiger partial charge in [0.15, 0.2) is 0 Å². The van der Waals surface area contributed by atoms with Crippen LogP contribution < -0.4 is 5.32 Å². The average molecular weight is 786 g/mol. The summed E-state index contributed by atoms with van der Waals surface area (Å²) in [5.41, 5.74) is -0.526. The highest BCUT2D eigenvalue weighted by molar-refractivity contribution is 6.17. The first-order chi connectivity index (χ1) is 26.1. The van der Waals surface area contributed by atoms with Gasteiger partial charge in [0, 0.05) is 25.1 Å². The van der Waals surface area contributed by atoms with Crippen molar-refractivity contribution in [3.63, 3.8) is 0 Å². The Balaban J connectivity index is 1.70. The van der Waals surface area contributed by atoms with Crippen LogP contribution in [-0.2, 0) is 52.1 Å². The van der Waals surface area contributed by atoms with E-state index in [4.69, 9.17) is 63.7 Å². The lowest BCUT2D eigenvalue weighted by molar-refractivity contribution is -0.393. The number of unbranched alkanes of at least 4 members (excludes halogenated alkanes) is 3. The first-order valence-corrected chi connectivity index (χ1v) is 18.7. The Morgan fingerprint density at radius 2 is 0.792 bits per heavy atom. The van der Waals surface area contributed by atoms with E-state index in [1.54, 1.807) is 0 Å². The Kier molecular flexibility index (Phi) is 34.9. The largest absolute Gasteiger partial charge is 0.379 e. The highest BCUT2D eigenvalue weighted by Crippen LogP contribution is 2.28. The maximum Gasteiger partial charge on any atom is 0.299 e. The van der Waals surface area contributed by atoms with Crippen LogP contribution in [0.25, 0.3) is 0 Å². The number of hydrogen-bond acceptors (Lipinski definition) is 16. The smallest absolute Gasteiger partial charge is 0.299 e. The predicted molar refractivity (Wildman–Crippen MR) is 196 cm³/mol. The monoisotopic (exact) mass is 785 g/mol. The molecule has 0 amide bonds. The predicted octanol–water partition coefficient (Wildman–Crippen LogP) is 3.90. The second-order valence-corrected chi connectivity index (χ2v) is 11.4. The Morgan fingerprint density at radius 3 is 1.13 bits per heavy atom. The molecule has 0 aliphatic rings. The van der Waals surface area contributed by atoms with Crippen molar-refractivity contribution in [2.24, 2.45) is 0 Å². The molecule has 1 aromatic carbocycles. The fourth-order valence-corrected chi connectivity index (χ4v) is 4.33. The Morgan fingerprint density at radius 1 is 0.453 bits per heavy atom. The minimum absolute atomic E-state index is 0.185. The van der Waals surface area contributed by atoms with Crippen molar-refractivity contribution < 1.29 is 62.0 Å². The van der Waals surface area contributed by atoms with Gasteiger partial charge in [-0.25, -0.2) is 0 Å². The van der Waals surface area contributed by atoms with Gasteiger partial charge in [-0.15, -0.1) is 11.6 Å². The van der Waals surface area contributed by atoms with Crippen molar-refractivity contribution >= 4 is 28.7 Å². The molecular formula is C34H60ClN3O15. The van der Waals surface area contributed by atoms with Gasteiger partial charge in [0.25, 0.3) is 11.4 Å². The lowest BCUT2D eigenvalue weighted by Crippen LogP contribution is -2.16. The fraction of sp³-hybridized carbons (Fsp3) is 0.824. The highest BCUT2D eigenvalue weighted by atomic mass is 35.5. The van der Waals surface area contributed by atoms with Gasteiger partial charge in [-0.05, 0) is 18.9 Å². The van der Waals surface area contributed by atoms with E-state index in [1.807, 2.05) is 0 Å². The number of benzene rings is 1. The zero-order valence-corrected chi connectivity index (χ0v) is 31.7. The molecule has 0 aliphatic heterocycles. The lowest BCUT2D eigenvalue weighted by Gasteiger charge is -2.09. The molecular weight excluding hydrogens is 726 g/mol. The summed E-state index contributed by atoms with van der Waals surface area (Å²) in [7, 11) is 0. The zero-order chi connectivity index (χ0) is 38.3. The molecule has 1 aromatic rings. The lowest BCUT2D eigenvalue weighted by atomic mass is 10.2. The topological polar surface area (TPSA) is 200 Å². The number of alkyl halides is 1. The first kappa shape index (κ1) is 48.7. The number of ether oxygens (including phenoxy) is 11. The molecule has 0 radical (unpaired) electrons. The summed E-state index contributed by atoms with van der Waals surface area (Å²) >= 11 is 5.65. The molecule has 0 unspecified atom stereocenters. The number of non-ortho nitro benzene ring substituents is 1. The molecule has 18 nitrogen and oxygen atoms in total. The van der Waals surface area contributed by atoms with E-state index in [2.05, 4.69) is 5.32 Å². The van der Waals surface area contributed by atoms with Crippen LogP contribution in [0.4, 0.5) is 17.1 Å². The van der Waals surface area contributed by atoms with Crippen molar-refractivity contribution in [3.05, 3.63) is 38.4 Å². The minimum Gasteiger partial charge on any atom is -0.379 e. The molecule has 53 heavy (non-hydrogen) atoms. The molecule has 308 valence electrons. The van der Waals surface area contributed by atoms with Crippen molar-refractivity contribution in [2.75, 3.05) is 163 Å². The van der Waals surface area contributed by atoms with E-state index in [1.165, 1.54) is 12.1 Å². The highest BCUT2D eigenvalue weighted by Gasteiger charge is 2.19. The standard InChI is InChI=1S/C34H60ClN3O15/c35-7-3-1-2-4-9-43-11-13-45-15-17-47-19-21-49-23-25-51-27-29-53-30-28-52-26-24-50-22-20-48-18-16-46-14-12-44-10-8-36-33-6-5-32(37(39)40)31-34(33)38(41)42/h5-6,31,36H,1-4,7-30H2. The van der Waals surface area contributed by atoms with Crippen LogP contribution >= 0.6 is 11.6 Å². The molecule has 0 atom stereocenters. The van der Waals surface area contributed by atoms with E-state index in [9.17, 15) is 20.2 Å². The number of hydrogen-bond donors (Lipinski definition) is 1. The Hall–Kier alpha value is -2.33. The molecule has 0 fully saturated rings. The van der Waals surface area contributed by atoms with Gasteiger partial charge in [-0.1, -0.05) is 12.8 Å². The van der Waals surface area contributed by atoms with Crippen molar-refractivity contribution in [3.8, 4) is 0 Å². The number of nitrogens with zero attached hydrogens (tertiary/aromatic N) is 2. The number of halogens is 1. The van der Waals surface area contributed by atoms with Gasteiger partial charge in [-0.2, -0.15) is 0 Å². The number of nitro benzene ring substituents is 2. The average Bonchev–Trinajstić information content (AvgIpc) is 3.15. The summed E-state index contributed by atoms with van der Waals surface area (Å²) < 4.78 is 60.1. The normalized spacial score (nSPS) is 11.3. The second-order valence-electron chi connectivity index (χ2n) is 11.0. The summed E-state index contributed by atoms with van der Waals surface area (Å²) in [5.74, 6) is 0.733. The third-order valence-electron chi connectivity index (χ3n) is 6.84. The van der Waals surface area contributed by atoms with Crippen molar-refractivity contribution in [1.29, 1.82) is 0 Å². The maximum atomic E-state index is 11.2. The van der Waals surface area contributed by atoms with Crippen molar-refractivity contribution in [1.82, 2.24) is 0 Å². The van der Waals surface area contributed by atoms with E-state index >= 15 is 0 Å². The Labute approximate surface area is 317 Å². The van der Waals surface area contributed by atoms with Crippen LogP contribution in [0.3, 0.4) is 0 Å². The molecule has 0 saturated heterocycles. The third kappa shape index (κ3) is 31.7. The van der Waals surface area contributed by atoms with Crippen LogP contribution in [0.15, 0.2) is 18.2 Å². The summed E-state index contributed by atoms with van der Waals surface area (Å²) in [5, 5.41) is 24.8. The maximum absolute atomic E-state index is 11.2. The molecule has 0 bridgehead atoms. The van der Waals surface area contributed by atoms with Crippen LogP contribution in [-0.4, -0.2) is 168 Å². The van der Waals surface area contributed by atoms with Crippen LogP contribution in [0.5, 0.6) is 0 Å². The SMILES string of the molecule is O=[N+]([O-])c1ccc(NCCOCCOCCOCCOCCOCCOCCOCCOCCOCCOCCOCCCCCCCl)c([N+](=O)[O-])c1.